The molecular formula is C12H16BrFO7. The Labute approximate surface area is 129 Å². The molecule has 0 spiro atoms. The van der Waals surface area contributed by atoms with Crippen molar-refractivity contribution >= 4 is 33.8 Å². The summed E-state index contributed by atoms with van der Waals surface area (Å²) >= 11 is 3.09. The van der Waals surface area contributed by atoms with Gasteiger partial charge in [0.05, 0.1) is 0 Å². The molecule has 0 aromatic carbocycles. The van der Waals surface area contributed by atoms with Gasteiger partial charge in [0.2, 0.25) is 0 Å². The molecule has 0 radical (unpaired) electrons. The molecule has 0 saturated carbocycles. The molecule has 1 rings (SSSR count). The number of esters is 3. The van der Waals surface area contributed by atoms with Crippen LogP contribution in [0, 0.1) is 0 Å². The Morgan fingerprint density at radius 2 is 1.57 bits per heavy atom. The second kappa shape index (κ2) is 7.69. The van der Waals surface area contributed by atoms with Crippen molar-refractivity contribution in [2.75, 3.05) is 6.61 Å². The Kier molecular flexibility index (Phi) is 6.53. The van der Waals surface area contributed by atoms with Crippen LogP contribution in [0.25, 0.3) is 0 Å². The monoisotopic (exact) mass is 370 g/mol. The molecule has 1 fully saturated rings. The van der Waals surface area contributed by atoms with E-state index in [2.05, 4.69) is 15.9 Å². The molecule has 0 unspecified atom stereocenters. The highest BCUT2D eigenvalue weighted by molar-refractivity contribution is 9.09. The van der Waals surface area contributed by atoms with Gasteiger partial charge in [-0.25, -0.2) is 4.39 Å². The zero-order valence-corrected chi connectivity index (χ0v) is 13.3. The number of carbonyl (C=O) groups is 3. The summed E-state index contributed by atoms with van der Waals surface area (Å²) in [7, 11) is 0. The van der Waals surface area contributed by atoms with Crippen molar-refractivity contribution in [3.8, 4) is 0 Å². The first-order chi connectivity index (χ1) is 9.72. The van der Waals surface area contributed by atoms with Crippen LogP contribution in [0.15, 0.2) is 0 Å². The first kappa shape index (κ1) is 17.8. The van der Waals surface area contributed by atoms with Crippen LogP contribution in [0.4, 0.5) is 4.39 Å². The lowest BCUT2D eigenvalue weighted by Crippen LogP contribution is -2.58. The van der Waals surface area contributed by atoms with E-state index in [1.165, 1.54) is 6.92 Å². The first-order valence-electron chi connectivity index (χ1n) is 6.13. The molecule has 7 nitrogen and oxygen atoms in total. The predicted molar refractivity (Wildman–Crippen MR) is 70.2 cm³/mol. The SMILES string of the molecule is CC(=O)OC[C@H]1O[C@H](Br)[C@H](OC(C)=O)[C@@H](OC(C)=O)[C@@H]1F. The van der Waals surface area contributed by atoms with E-state index in [-0.39, 0.29) is 6.61 Å². The molecule has 0 N–H and O–H groups in total. The molecule has 0 amide bonds. The van der Waals surface area contributed by atoms with Gasteiger partial charge in [-0.15, -0.1) is 0 Å². The predicted octanol–water partition coefficient (Wildman–Crippen LogP) is 0.871. The highest BCUT2D eigenvalue weighted by Gasteiger charge is 2.49. The fraction of sp³-hybridized carbons (Fsp3) is 0.750. The molecule has 1 aliphatic rings. The zero-order chi connectivity index (χ0) is 16.2. The first-order valence-corrected chi connectivity index (χ1v) is 7.05. The van der Waals surface area contributed by atoms with Crippen LogP contribution in [0.3, 0.4) is 0 Å². The Hall–Kier alpha value is -1.22. The highest BCUT2D eigenvalue weighted by Crippen LogP contribution is 2.31. The zero-order valence-electron chi connectivity index (χ0n) is 11.7. The molecule has 21 heavy (non-hydrogen) atoms. The van der Waals surface area contributed by atoms with E-state index in [0.29, 0.717) is 0 Å². The number of alkyl halides is 2. The van der Waals surface area contributed by atoms with E-state index in [9.17, 15) is 18.8 Å². The Bertz CT molecular complexity index is 416. The lowest BCUT2D eigenvalue weighted by molar-refractivity contribution is -0.216. The maximum Gasteiger partial charge on any atom is 0.303 e. The van der Waals surface area contributed by atoms with Crippen LogP contribution in [0.5, 0.6) is 0 Å². The van der Waals surface area contributed by atoms with Gasteiger partial charge in [0.15, 0.2) is 23.4 Å². The van der Waals surface area contributed by atoms with Crippen LogP contribution >= 0.6 is 15.9 Å². The van der Waals surface area contributed by atoms with Crippen LogP contribution in [0.1, 0.15) is 20.8 Å². The van der Waals surface area contributed by atoms with E-state index < -0.39 is 47.4 Å². The van der Waals surface area contributed by atoms with Crippen LogP contribution in [-0.4, -0.2) is 54.0 Å². The minimum Gasteiger partial charge on any atom is -0.463 e. The topological polar surface area (TPSA) is 88.1 Å². The van der Waals surface area contributed by atoms with Crippen molar-refractivity contribution < 1.29 is 37.7 Å². The molecule has 5 atom stereocenters. The Morgan fingerprint density at radius 1 is 1.05 bits per heavy atom. The van der Waals surface area contributed by atoms with Gasteiger partial charge in [-0.1, -0.05) is 15.9 Å². The number of rotatable bonds is 4. The number of hydrogen-bond donors (Lipinski definition) is 0. The van der Waals surface area contributed by atoms with Crippen LogP contribution in [-0.2, 0) is 33.3 Å². The van der Waals surface area contributed by atoms with E-state index in [1.54, 1.807) is 0 Å². The van der Waals surface area contributed by atoms with Gasteiger partial charge in [-0.05, 0) is 0 Å². The van der Waals surface area contributed by atoms with Crippen molar-refractivity contribution in [3.63, 3.8) is 0 Å². The molecule has 0 bridgehead atoms. The van der Waals surface area contributed by atoms with Gasteiger partial charge in [0, 0.05) is 20.8 Å². The third kappa shape index (κ3) is 5.24. The quantitative estimate of drug-likeness (QED) is 0.412. The summed E-state index contributed by atoms with van der Waals surface area (Å²) in [4.78, 5) is 32.9. The molecule has 1 heterocycles. The molecule has 1 aliphatic heterocycles. The molecule has 120 valence electrons. The van der Waals surface area contributed by atoms with Crippen molar-refractivity contribution in [2.45, 2.75) is 50.3 Å². The minimum atomic E-state index is -1.81. The summed E-state index contributed by atoms with van der Waals surface area (Å²) in [6, 6.07) is 0. The number of carbonyl (C=O) groups excluding carboxylic acids is 3. The van der Waals surface area contributed by atoms with E-state index in [4.69, 9.17) is 18.9 Å². The van der Waals surface area contributed by atoms with Crippen molar-refractivity contribution in [1.82, 2.24) is 0 Å². The number of ether oxygens (including phenoxy) is 4. The fourth-order valence-electron chi connectivity index (χ4n) is 1.83. The second-order valence-electron chi connectivity index (χ2n) is 4.42. The van der Waals surface area contributed by atoms with Gasteiger partial charge in [-0.3, -0.25) is 14.4 Å². The summed E-state index contributed by atoms with van der Waals surface area (Å²) in [6.07, 6.45) is -5.46. The lowest BCUT2D eigenvalue weighted by atomic mass is 10.0. The fourth-order valence-corrected chi connectivity index (χ4v) is 2.51. The third-order valence-corrected chi connectivity index (χ3v) is 3.35. The summed E-state index contributed by atoms with van der Waals surface area (Å²) in [5, 5.41) is -0.904. The van der Waals surface area contributed by atoms with Crippen molar-refractivity contribution in [2.24, 2.45) is 0 Å². The normalized spacial score (nSPS) is 32.1. The molecule has 1 saturated heterocycles. The standard InChI is InChI=1S/C12H16BrFO7/c1-5(15)18-4-8-9(14)10(19-6(2)16)11(12(13)21-8)20-7(3)17/h8-12H,4H2,1-3H3/t8-,9-,10+,11-,12+/m1/s1. The highest BCUT2D eigenvalue weighted by atomic mass is 79.9. The van der Waals surface area contributed by atoms with Gasteiger partial charge in [0.25, 0.3) is 0 Å². The third-order valence-electron chi connectivity index (χ3n) is 2.61. The molecule has 9 heteroatoms. The maximum atomic E-state index is 14.4. The molecule has 0 aliphatic carbocycles. The number of hydrogen-bond acceptors (Lipinski definition) is 7. The average molecular weight is 371 g/mol. The molecule has 0 aromatic heterocycles. The Morgan fingerprint density at radius 3 is 2.05 bits per heavy atom. The van der Waals surface area contributed by atoms with Crippen molar-refractivity contribution in [1.29, 1.82) is 0 Å². The maximum absolute atomic E-state index is 14.4. The van der Waals surface area contributed by atoms with Crippen molar-refractivity contribution in [3.05, 3.63) is 0 Å². The van der Waals surface area contributed by atoms with Gasteiger partial charge < -0.3 is 18.9 Å². The smallest absolute Gasteiger partial charge is 0.303 e. The average Bonchev–Trinajstić information content (AvgIpc) is 2.35. The minimum absolute atomic E-state index is 0.344. The molecule has 0 aromatic rings. The van der Waals surface area contributed by atoms with E-state index >= 15 is 0 Å². The summed E-state index contributed by atoms with van der Waals surface area (Å²) in [6.45, 7) is 3.08. The lowest BCUT2D eigenvalue weighted by Gasteiger charge is -2.40. The summed E-state index contributed by atoms with van der Waals surface area (Å²) in [5.74, 6) is -1.99. The van der Waals surface area contributed by atoms with Gasteiger partial charge >= 0.3 is 17.9 Å². The second-order valence-corrected chi connectivity index (χ2v) is 5.32. The largest absolute Gasteiger partial charge is 0.463 e. The van der Waals surface area contributed by atoms with Gasteiger partial charge in [-0.2, -0.15) is 0 Å². The molecular weight excluding hydrogens is 355 g/mol. The number of halogens is 2. The van der Waals surface area contributed by atoms with Crippen LogP contribution < -0.4 is 0 Å². The summed E-state index contributed by atoms with van der Waals surface area (Å²) in [5.41, 5.74) is 0. The van der Waals surface area contributed by atoms with E-state index in [0.717, 1.165) is 13.8 Å². The van der Waals surface area contributed by atoms with Gasteiger partial charge in [0.1, 0.15) is 12.7 Å². The summed E-state index contributed by atoms with van der Waals surface area (Å²) < 4.78 is 34.2. The van der Waals surface area contributed by atoms with Crippen LogP contribution in [0.2, 0.25) is 0 Å². The Balaban J connectivity index is 2.87. The van der Waals surface area contributed by atoms with E-state index in [1.807, 2.05) is 0 Å².